The zero-order valence-corrected chi connectivity index (χ0v) is 28.4. The number of aliphatic hydroxyl groups is 1. The van der Waals surface area contributed by atoms with Gasteiger partial charge in [-0.25, -0.2) is 4.79 Å². The Morgan fingerprint density at radius 3 is 1.14 bits per heavy atom. The maximum atomic E-state index is 12.2. The van der Waals surface area contributed by atoms with E-state index in [9.17, 15) is 14.7 Å². The van der Waals surface area contributed by atoms with Crippen molar-refractivity contribution >= 4 is 11.9 Å². The zero-order valence-electron chi connectivity index (χ0n) is 28.4. The fourth-order valence-electron chi connectivity index (χ4n) is 5.67. The summed E-state index contributed by atoms with van der Waals surface area (Å²) in [5.41, 5.74) is 0. The second kappa shape index (κ2) is 34.4. The molecule has 1 atom stereocenters. The van der Waals surface area contributed by atoms with Crippen LogP contribution in [0.4, 0.5) is 0 Å². The van der Waals surface area contributed by atoms with Gasteiger partial charge in [-0.2, -0.15) is 0 Å². The Kier molecular flexibility index (Phi) is 33.5. The lowest BCUT2D eigenvalue weighted by Crippen LogP contribution is -2.44. The Balaban J connectivity index is 3.51. The van der Waals surface area contributed by atoms with Crippen LogP contribution in [0.2, 0.25) is 0 Å². The van der Waals surface area contributed by atoms with Crippen LogP contribution in [-0.2, 0) is 14.3 Å². The normalized spacial score (nSPS) is 12.0. The molecule has 0 aliphatic carbocycles. The third kappa shape index (κ3) is 30.4. The molecule has 5 nitrogen and oxygen atoms in total. The molecular weight excluding hydrogens is 522 g/mol. The molecule has 250 valence electrons. The summed E-state index contributed by atoms with van der Waals surface area (Å²) in [6.07, 6.45) is 37.8. The number of carbonyl (C=O) groups is 2. The van der Waals surface area contributed by atoms with E-state index in [2.05, 4.69) is 19.2 Å². The Bertz CT molecular complexity index is 568. The molecule has 0 saturated heterocycles. The van der Waals surface area contributed by atoms with E-state index < -0.39 is 18.6 Å². The number of unbranched alkanes of at least 4 members (excludes halogenated alkanes) is 27. The first-order chi connectivity index (χ1) is 20.7. The first-order valence-electron chi connectivity index (χ1n) is 18.7. The summed E-state index contributed by atoms with van der Waals surface area (Å²) in [5.74, 6) is -0.686. The molecule has 5 heteroatoms. The van der Waals surface area contributed by atoms with Gasteiger partial charge in [0.1, 0.15) is 0 Å². The molecule has 0 radical (unpaired) electrons. The minimum atomic E-state index is -0.944. The molecule has 0 rings (SSSR count). The van der Waals surface area contributed by atoms with Crippen molar-refractivity contribution in [3.8, 4) is 0 Å². The number of amides is 1. The quantitative estimate of drug-likeness (QED) is 0.0573. The molecular formula is C37H73NO4. The third-order valence-electron chi connectivity index (χ3n) is 8.55. The number of nitrogens with one attached hydrogen (secondary N) is 1. The number of hydrogen-bond donors (Lipinski definition) is 2. The van der Waals surface area contributed by atoms with Gasteiger partial charge in [0.15, 0.2) is 6.04 Å². The van der Waals surface area contributed by atoms with Crippen molar-refractivity contribution < 1.29 is 19.4 Å². The van der Waals surface area contributed by atoms with E-state index in [0.29, 0.717) is 13.0 Å². The highest BCUT2D eigenvalue weighted by Crippen LogP contribution is 2.15. The molecule has 0 bridgehead atoms. The van der Waals surface area contributed by atoms with Gasteiger partial charge in [0.05, 0.1) is 13.2 Å². The van der Waals surface area contributed by atoms with E-state index >= 15 is 0 Å². The van der Waals surface area contributed by atoms with E-state index in [1.54, 1.807) is 0 Å². The van der Waals surface area contributed by atoms with Gasteiger partial charge in [0.2, 0.25) is 5.91 Å². The standard InChI is InChI=1S/C37H73NO4/c1-3-5-7-9-11-13-15-17-18-19-20-21-22-24-26-28-30-32-36(40)38-35(34-39)37(41)42-33-31-29-27-25-23-16-14-12-10-8-6-4-2/h35,39H,3-34H2,1-2H3,(H,38,40)/t35-/m0/s1. The summed E-state index contributed by atoms with van der Waals surface area (Å²) in [6.45, 7) is 4.48. The van der Waals surface area contributed by atoms with Gasteiger partial charge in [-0.3, -0.25) is 4.79 Å². The summed E-state index contributed by atoms with van der Waals surface area (Å²) in [4.78, 5) is 24.5. The first-order valence-corrected chi connectivity index (χ1v) is 18.7. The summed E-state index contributed by atoms with van der Waals surface area (Å²) in [6, 6.07) is -0.944. The maximum Gasteiger partial charge on any atom is 0.331 e. The van der Waals surface area contributed by atoms with Crippen LogP contribution in [0.25, 0.3) is 0 Å². The van der Waals surface area contributed by atoms with Gasteiger partial charge in [-0.05, 0) is 12.8 Å². The lowest BCUT2D eigenvalue weighted by molar-refractivity contribution is -0.149. The molecule has 0 spiro atoms. The van der Waals surface area contributed by atoms with E-state index in [1.807, 2.05) is 0 Å². The largest absolute Gasteiger partial charge is 0.464 e. The van der Waals surface area contributed by atoms with Crippen LogP contribution in [-0.4, -0.2) is 36.2 Å². The summed E-state index contributed by atoms with van der Waals surface area (Å²) in [5, 5.41) is 12.2. The van der Waals surface area contributed by atoms with Gasteiger partial charge >= 0.3 is 5.97 Å². The fourth-order valence-corrected chi connectivity index (χ4v) is 5.67. The van der Waals surface area contributed by atoms with Gasteiger partial charge in [-0.1, -0.05) is 187 Å². The summed E-state index contributed by atoms with van der Waals surface area (Å²) in [7, 11) is 0. The zero-order chi connectivity index (χ0) is 30.8. The second-order valence-electron chi connectivity index (χ2n) is 12.8. The van der Waals surface area contributed by atoms with Gasteiger partial charge in [0, 0.05) is 6.42 Å². The van der Waals surface area contributed by atoms with Crippen LogP contribution in [0, 0.1) is 0 Å². The van der Waals surface area contributed by atoms with E-state index in [1.165, 1.54) is 154 Å². The predicted octanol–water partition coefficient (Wildman–Crippen LogP) is 10.7. The van der Waals surface area contributed by atoms with Crippen LogP contribution < -0.4 is 5.32 Å². The summed E-state index contributed by atoms with van der Waals surface area (Å²) < 4.78 is 5.31. The molecule has 2 N–H and O–H groups in total. The summed E-state index contributed by atoms with van der Waals surface area (Å²) >= 11 is 0. The lowest BCUT2D eigenvalue weighted by Gasteiger charge is -2.15. The molecule has 0 saturated carbocycles. The molecule has 0 unspecified atom stereocenters. The smallest absolute Gasteiger partial charge is 0.331 e. The van der Waals surface area contributed by atoms with Gasteiger partial charge in [-0.15, -0.1) is 0 Å². The molecule has 0 heterocycles. The van der Waals surface area contributed by atoms with Crippen molar-refractivity contribution in [1.29, 1.82) is 0 Å². The van der Waals surface area contributed by atoms with Crippen LogP contribution in [0.5, 0.6) is 0 Å². The Morgan fingerprint density at radius 2 is 0.810 bits per heavy atom. The number of esters is 1. The first kappa shape index (κ1) is 40.9. The van der Waals surface area contributed by atoms with Crippen molar-refractivity contribution in [3.63, 3.8) is 0 Å². The molecule has 42 heavy (non-hydrogen) atoms. The van der Waals surface area contributed by atoms with E-state index in [-0.39, 0.29) is 5.91 Å². The number of aliphatic hydroxyl groups excluding tert-OH is 1. The SMILES string of the molecule is CCCCCCCCCCCCCCCCCCCC(=O)N[C@@H](CO)C(=O)OCCCCCCCCCCCCCC. The number of rotatable bonds is 34. The third-order valence-corrected chi connectivity index (χ3v) is 8.55. The average Bonchev–Trinajstić information content (AvgIpc) is 2.99. The minimum absolute atomic E-state index is 0.169. The van der Waals surface area contributed by atoms with E-state index in [4.69, 9.17) is 4.74 Å². The highest BCUT2D eigenvalue weighted by molar-refractivity contribution is 5.84. The highest BCUT2D eigenvalue weighted by atomic mass is 16.5. The Morgan fingerprint density at radius 1 is 0.500 bits per heavy atom. The monoisotopic (exact) mass is 596 g/mol. The van der Waals surface area contributed by atoms with Crippen molar-refractivity contribution in [2.24, 2.45) is 0 Å². The van der Waals surface area contributed by atoms with Crippen molar-refractivity contribution in [2.45, 2.75) is 213 Å². The fraction of sp³-hybridized carbons (Fsp3) is 0.946. The second-order valence-corrected chi connectivity index (χ2v) is 12.8. The molecule has 0 aliphatic heterocycles. The topological polar surface area (TPSA) is 75.6 Å². The highest BCUT2D eigenvalue weighted by Gasteiger charge is 2.21. The Labute approximate surface area is 262 Å². The van der Waals surface area contributed by atoms with Gasteiger partial charge < -0.3 is 15.2 Å². The average molecular weight is 596 g/mol. The Hall–Kier alpha value is -1.10. The van der Waals surface area contributed by atoms with Crippen molar-refractivity contribution in [1.82, 2.24) is 5.32 Å². The molecule has 0 fully saturated rings. The molecule has 0 aromatic heterocycles. The van der Waals surface area contributed by atoms with Crippen molar-refractivity contribution in [3.05, 3.63) is 0 Å². The maximum absolute atomic E-state index is 12.2. The molecule has 0 aliphatic rings. The van der Waals surface area contributed by atoms with Crippen LogP contribution in [0.1, 0.15) is 206 Å². The predicted molar refractivity (Wildman–Crippen MR) is 180 cm³/mol. The number of hydrogen-bond acceptors (Lipinski definition) is 4. The minimum Gasteiger partial charge on any atom is -0.464 e. The molecule has 0 aromatic rings. The lowest BCUT2D eigenvalue weighted by atomic mass is 10.0. The van der Waals surface area contributed by atoms with Crippen LogP contribution >= 0.6 is 0 Å². The number of carbonyl (C=O) groups excluding carboxylic acids is 2. The van der Waals surface area contributed by atoms with Gasteiger partial charge in [0.25, 0.3) is 0 Å². The van der Waals surface area contributed by atoms with Crippen molar-refractivity contribution in [2.75, 3.05) is 13.2 Å². The molecule has 1 amide bonds. The van der Waals surface area contributed by atoms with Crippen LogP contribution in [0.15, 0.2) is 0 Å². The molecule has 0 aromatic carbocycles. The van der Waals surface area contributed by atoms with Crippen LogP contribution in [0.3, 0.4) is 0 Å². The van der Waals surface area contributed by atoms with E-state index in [0.717, 1.165) is 32.1 Å². The number of ether oxygens (including phenoxy) is 1.